The first-order valence-electron chi connectivity index (χ1n) is 10.0. The van der Waals surface area contributed by atoms with Crippen molar-refractivity contribution in [2.75, 3.05) is 19.6 Å². The molecule has 26 heavy (non-hydrogen) atoms. The van der Waals surface area contributed by atoms with Gasteiger partial charge in [-0.3, -0.25) is 9.48 Å². The van der Waals surface area contributed by atoms with Crippen molar-refractivity contribution < 1.29 is 9.59 Å². The number of likely N-dealkylation sites (tertiary alicyclic amines) is 1. The molecule has 142 valence electrons. The van der Waals surface area contributed by atoms with E-state index in [1.54, 1.807) is 0 Å². The Morgan fingerprint density at radius 2 is 1.73 bits per heavy atom. The molecule has 0 aromatic carbocycles. The third-order valence-electron chi connectivity index (χ3n) is 6.06. The summed E-state index contributed by atoms with van der Waals surface area (Å²) >= 11 is 0. The van der Waals surface area contributed by atoms with Crippen molar-refractivity contribution in [1.82, 2.24) is 24.9 Å². The standard InChI is InChI=1S/C19H29N5O2/c1-22-16-9-12-24(19(26)20-14-7-3-2-4-8-14)13-15(16)17(21-22)18(25)23-10-5-6-11-23/h14H,2-13H2,1H3,(H,20,26). The number of nitrogens with one attached hydrogen (secondary N) is 1. The van der Waals surface area contributed by atoms with Gasteiger partial charge in [0.15, 0.2) is 5.69 Å². The van der Waals surface area contributed by atoms with Crippen LogP contribution >= 0.6 is 0 Å². The maximum atomic E-state index is 12.9. The zero-order chi connectivity index (χ0) is 18.1. The van der Waals surface area contributed by atoms with Crippen molar-refractivity contribution in [2.45, 2.75) is 64.0 Å². The Morgan fingerprint density at radius 1 is 1.00 bits per heavy atom. The average Bonchev–Trinajstić information content (AvgIpc) is 3.30. The highest BCUT2D eigenvalue weighted by Gasteiger charge is 2.32. The number of carbonyl (C=O) groups is 2. The Balaban J connectivity index is 1.48. The second-order valence-electron chi connectivity index (χ2n) is 7.85. The molecule has 1 saturated heterocycles. The Labute approximate surface area is 154 Å². The van der Waals surface area contributed by atoms with E-state index in [0.717, 1.165) is 56.5 Å². The first kappa shape index (κ1) is 17.4. The predicted octanol–water partition coefficient (Wildman–Crippen LogP) is 2.06. The number of hydrogen-bond acceptors (Lipinski definition) is 3. The molecule has 7 nitrogen and oxygen atoms in total. The lowest BCUT2D eigenvalue weighted by atomic mass is 9.95. The molecule has 2 fully saturated rings. The number of hydrogen-bond donors (Lipinski definition) is 1. The monoisotopic (exact) mass is 359 g/mol. The third-order valence-corrected chi connectivity index (χ3v) is 6.06. The first-order chi connectivity index (χ1) is 12.6. The summed E-state index contributed by atoms with van der Waals surface area (Å²) in [6, 6.07) is 0.309. The van der Waals surface area contributed by atoms with E-state index in [-0.39, 0.29) is 11.9 Å². The fraction of sp³-hybridized carbons (Fsp3) is 0.737. The Hall–Kier alpha value is -2.05. The molecule has 3 amide bonds. The van der Waals surface area contributed by atoms with Gasteiger partial charge in [0.2, 0.25) is 0 Å². The summed E-state index contributed by atoms with van der Waals surface area (Å²) in [4.78, 5) is 29.3. The Morgan fingerprint density at radius 3 is 2.46 bits per heavy atom. The smallest absolute Gasteiger partial charge is 0.317 e. The molecule has 3 aliphatic rings. The fourth-order valence-electron chi connectivity index (χ4n) is 4.52. The Kier molecular flexibility index (Phi) is 4.87. The van der Waals surface area contributed by atoms with E-state index in [2.05, 4.69) is 10.4 Å². The number of amides is 3. The topological polar surface area (TPSA) is 70.5 Å². The van der Waals surface area contributed by atoms with Gasteiger partial charge in [0.1, 0.15) is 0 Å². The first-order valence-corrected chi connectivity index (χ1v) is 10.0. The maximum Gasteiger partial charge on any atom is 0.317 e. The molecule has 0 unspecified atom stereocenters. The van der Waals surface area contributed by atoms with Crippen LogP contribution < -0.4 is 5.32 Å². The van der Waals surface area contributed by atoms with E-state index >= 15 is 0 Å². The number of carbonyl (C=O) groups excluding carboxylic acids is 2. The molecule has 1 aliphatic carbocycles. The summed E-state index contributed by atoms with van der Waals surface area (Å²) in [5.74, 6) is 0.0221. The molecule has 0 radical (unpaired) electrons. The van der Waals surface area contributed by atoms with Crippen LogP contribution in [-0.2, 0) is 20.0 Å². The van der Waals surface area contributed by atoms with Crippen molar-refractivity contribution in [3.8, 4) is 0 Å². The largest absolute Gasteiger partial charge is 0.337 e. The highest BCUT2D eigenvalue weighted by Crippen LogP contribution is 2.25. The van der Waals surface area contributed by atoms with E-state index in [1.165, 1.54) is 19.3 Å². The van der Waals surface area contributed by atoms with Gasteiger partial charge in [-0.15, -0.1) is 0 Å². The van der Waals surface area contributed by atoms with E-state index in [1.807, 2.05) is 21.5 Å². The SMILES string of the molecule is Cn1nc(C(=O)N2CCCC2)c2c1CCN(C(=O)NC1CCCCC1)C2. The zero-order valence-electron chi connectivity index (χ0n) is 15.7. The van der Waals surface area contributed by atoms with Gasteiger partial charge < -0.3 is 15.1 Å². The van der Waals surface area contributed by atoms with Crippen LogP contribution in [0.25, 0.3) is 0 Å². The number of urea groups is 1. The third kappa shape index (κ3) is 3.31. The molecule has 0 bridgehead atoms. The summed E-state index contributed by atoms with van der Waals surface area (Å²) < 4.78 is 1.83. The lowest BCUT2D eigenvalue weighted by molar-refractivity contribution is 0.0783. The highest BCUT2D eigenvalue weighted by molar-refractivity contribution is 5.94. The molecule has 3 heterocycles. The van der Waals surface area contributed by atoms with Crippen LogP contribution in [-0.4, -0.2) is 57.2 Å². The number of aryl methyl sites for hydroxylation is 1. The molecule has 1 N–H and O–H groups in total. The molecular formula is C19H29N5O2. The number of aromatic nitrogens is 2. The molecule has 4 rings (SSSR count). The molecular weight excluding hydrogens is 330 g/mol. The highest BCUT2D eigenvalue weighted by atomic mass is 16.2. The van der Waals surface area contributed by atoms with Crippen molar-refractivity contribution in [3.63, 3.8) is 0 Å². The molecule has 2 aliphatic heterocycles. The van der Waals surface area contributed by atoms with Gasteiger partial charge >= 0.3 is 6.03 Å². The van der Waals surface area contributed by atoms with Gasteiger partial charge in [-0.2, -0.15) is 5.10 Å². The van der Waals surface area contributed by atoms with Crippen LogP contribution in [0.5, 0.6) is 0 Å². The molecule has 0 atom stereocenters. The van der Waals surface area contributed by atoms with Crippen LogP contribution in [0.4, 0.5) is 4.79 Å². The van der Waals surface area contributed by atoms with Gasteiger partial charge in [-0.05, 0) is 25.7 Å². The van der Waals surface area contributed by atoms with Gasteiger partial charge in [-0.25, -0.2) is 4.79 Å². The minimum atomic E-state index is 0.00553. The molecule has 0 spiro atoms. The Bertz CT molecular complexity index is 686. The van der Waals surface area contributed by atoms with E-state index in [9.17, 15) is 9.59 Å². The quantitative estimate of drug-likeness (QED) is 0.879. The minimum absolute atomic E-state index is 0.00553. The summed E-state index contributed by atoms with van der Waals surface area (Å²) in [7, 11) is 1.90. The van der Waals surface area contributed by atoms with E-state index in [4.69, 9.17) is 0 Å². The van der Waals surface area contributed by atoms with Crippen LogP contribution in [0.3, 0.4) is 0 Å². The molecule has 1 aromatic rings. The van der Waals surface area contributed by atoms with Crippen molar-refractivity contribution in [2.24, 2.45) is 7.05 Å². The summed E-state index contributed by atoms with van der Waals surface area (Å²) in [6.45, 7) is 2.80. The van der Waals surface area contributed by atoms with Crippen LogP contribution in [0, 0.1) is 0 Å². The average molecular weight is 359 g/mol. The summed E-state index contributed by atoms with van der Waals surface area (Å²) in [6.07, 6.45) is 8.72. The predicted molar refractivity (Wildman–Crippen MR) is 97.9 cm³/mol. The van der Waals surface area contributed by atoms with E-state index < -0.39 is 0 Å². The number of nitrogens with zero attached hydrogens (tertiary/aromatic N) is 4. The lowest BCUT2D eigenvalue weighted by Gasteiger charge is -2.31. The van der Waals surface area contributed by atoms with Crippen molar-refractivity contribution in [1.29, 1.82) is 0 Å². The van der Waals surface area contributed by atoms with Gasteiger partial charge in [0, 0.05) is 50.4 Å². The fourth-order valence-corrected chi connectivity index (χ4v) is 4.52. The summed E-state index contributed by atoms with van der Waals surface area (Å²) in [5.41, 5.74) is 2.57. The van der Waals surface area contributed by atoms with Crippen molar-refractivity contribution in [3.05, 3.63) is 17.0 Å². The lowest BCUT2D eigenvalue weighted by Crippen LogP contribution is -2.47. The van der Waals surface area contributed by atoms with Crippen LogP contribution in [0.1, 0.15) is 66.7 Å². The maximum absolute atomic E-state index is 12.9. The zero-order valence-corrected chi connectivity index (χ0v) is 15.7. The summed E-state index contributed by atoms with van der Waals surface area (Å²) in [5, 5.41) is 7.71. The van der Waals surface area contributed by atoms with Gasteiger partial charge in [-0.1, -0.05) is 19.3 Å². The van der Waals surface area contributed by atoms with Crippen LogP contribution in [0.2, 0.25) is 0 Å². The van der Waals surface area contributed by atoms with Gasteiger partial charge in [0.05, 0.1) is 6.54 Å². The normalized spacial score (nSPS) is 21.0. The number of fused-ring (bicyclic) bond motifs is 1. The molecule has 1 aromatic heterocycles. The minimum Gasteiger partial charge on any atom is -0.337 e. The van der Waals surface area contributed by atoms with Gasteiger partial charge in [0.25, 0.3) is 5.91 Å². The molecule has 1 saturated carbocycles. The molecule has 7 heteroatoms. The van der Waals surface area contributed by atoms with E-state index in [0.29, 0.717) is 24.8 Å². The second-order valence-corrected chi connectivity index (χ2v) is 7.85. The van der Waals surface area contributed by atoms with Crippen LogP contribution in [0.15, 0.2) is 0 Å². The second kappa shape index (κ2) is 7.29. The van der Waals surface area contributed by atoms with Crippen molar-refractivity contribution >= 4 is 11.9 Å². The number of rotatable bonds is 2.